The van der Waals surface area contributed by atoms with Crippen molar-refractivity contribution < 1.29 is 14.6 Å². The van der Waals surface area contributed by atoms with Crippen molar-refractivity contribution >= 4 is 0 Å². The maximum atomic E-state index is 13.4. The minimum Gasteiger partial charge on any atom is -0.326 e. The number of hydrogen-bond donors (Lipinski definition) is 0. The van der Waals surface area contributed by atoms with E-state index in [1.165, 1.54) is 173 Å². The second kappa shape index (κ2) is 34.4. The molecule has 0 aromatic heterocycles. The summed E-state index contributed by atoms with van der Waals surface area (Å²) in [7, 11) is 0. The summed E-state index contributed by atoms with van der Waals surface area (Å²) in [4.78, 5) is 0. The normalized spacial score (nSPS) is 12.0. The molecule has 1 radical (unpaired) electrons. The van der Waals surface area contributed by atoms with E-state index in [4.69, 9.17) is 9.47 Å². The molecule has 0 amide bonds. The van der Waals surface area contributed by atoms with E-state index in [0.29, 0.717) is 19.6 Å². The maximum absolute atomic E-state index is 13.4. The molecule has 0 saturated carbocycles. The molecule has 0 aliphatic rings. The molecule has 0 aromatic rings. The molecule has 3 nitrogen and oxygen atoms in total. The first-order valence-electron chi connectivity index (χ1n) is 19.2. The van der Waals surface area contributed by atoms with Gasteiger partial charge in [-0.25, -0.2) is 0 Å². The molecule has 0 spiro atoms. The van der Waals surface area contributed by atoms with Crippen LogP contribution in [0.1, 0.15) is 226 Å². The van der Waals surface area contributed by atoms with E-state index in [-0.39, 0.29) is 0 Å². The van der Waals surface area contributed by atoms with E-state index < -0.39 is 5.97 Å². The summed E-state index contributed by atoms with van der Waals surface area (Å²) in [5, 5.41) is 13.4. The number of rotatable bonds is 36. The fourth-order valence-corrected chi connectivity index (χ4v) is 5.83. The van der Waals surface area contributed by atoms with E-state index in [2.05, 4.69) is 20.8 Å². The first-order valence-corrected chi connectivity index (χ1v) is 19.2. The van der Waals surface area contributed by atoms with Crippen molar-refractivity contribution in [1.82, 2.24) is 0 Å². The van der Waals surface area contributed by atoms with Crippen LogP contribution in [0.2, 0.25) is 0 Å². The average molecular weight is 582 g/mol. The minimum atomic E-state index is -1.63. The van der Waals surface area contributed by atoms with E-state index in [0.717, 1.165) is 25.7 Å². The zero-order valence-corrected chi connectivity index (χ0v) is 28.8. The highest BCUT2D eigenvalue weighted by Gasteiger charge is 2.30. The molecule has 0 rings (SSSR count). The Kier molecular flexibility index (Phi) is 34.3. The molecule has 0 aliphatic heterocycles. The third-order valence-corrected chi connectivity index (χ3v) is 8.73. The van der Waals surface area contributed by atoms with E-state index in [1.54, 1.807) is 0 Å². The Balaban J connectivity index is 4.06. The van der Waals surface area contributed by atoms with Crippen molar-refractivity contribution in [2.24, 2.45) is 0 Å². The Bertz CT molecular complexity index is 402. The largest absolute Gasteiger partial charge is 0.326 e. The fraction of sp³-hybridized carbons (Fsp3) is 1.00. The number of ether oxygens (including phenoxy) is 2. The van der Waals surface area contributed by atoms with E-state index in [1.807, 2.05) is 0 Å². The second-order valence-corrected chi connectivity index (χ2v) is 13.0. The molecular formula is C38H77O3. The lowest BCUT2D eigenvalue weighted by molar-refractivity contribution is -0.391. The standard InChI is InChI=1S/C38H77O3/c1-4-7-10-13-16-19-22-23-26-29-32-35-38(39,40-36-33-30-27-24-20-17-14-11-8-5-2)41-37-34-31-28-25-21-18-15-12-9-6-3/h4-37H2,1-3H3. The van der Waals surface area contributed by atoms with E-state index in [9.17, 15) is 5.11 Å². The monoisotopic (exact) mass is 582 g/mol. The zero-order valence-electron chi connectivity index (χ0n) is 28.8. The van der Waals surface area contributed by atoms with Gasteiger partial charge in [-0.05, 0) is 19.3 Å². The van der Waals surface area contributed by atoms with Crippen LogP contribution in [0.5, 0.6) is 0 Å². The highest BCUT2D eigenvalue weighted by molar-refractivity contribution is 4.58. The first kappa shape index (κ1) is 40.9. The van der Waals surface area contributed by atoms with Crippen LogP contribution in [-0.4, -0.2) is 19.2 Å². The first-order chi connectivity index (χ1) is 20.2. The van der Waals surface area contributed by atoms with Gasteiger partial charge in [0, 0.05) is 6.42 Å². The van der Waals surface area contributed by atoms with Crippen LogP contribution in [0.3, 0.4) is 0 Å². The van der Waals surface area contributed by atoms with Crippen LogP contribution in [0, 0.1) is 0 Å². The Morgan fingerprint density at radius 3 is 0.805 bits per heavy atom. The van der Waals surface area contributed by atoms with Crippen LogP contribution in [-0.2, 0) is 14.6 Å². The summed E-state index contributed by atoms with van der Waals surface area (Å²) in [6.07, 6.45) is 40.7. The van der Waals surface area contributed by atoms with Gasteiger partial charge in [0.25, 0.3) is 0 Å². The lowest BCUT2D eigenvalue weighted by Crippen LogP contribution is -2.35. The predicted octanol–water partition coefficient (Wildman–Crippen LogP) is 13.6. The van der Waals surface area contributed by atoms with Crippen molar-refractivity contribution in [2.45, 2.75) is 232 Å². The molecule has 0 aromatic carbocycles. The molecule has 41 heavy (non-hydrogen) atoms. The summed E-state index contributed by atoms with van der Waals surface area (Å²) < 4.78 is 11.8. The van der Waals surface area contributed by atoms with Crippen molar-refractivity contribution in [2.75, 3.05) is 13.2 Å². The summed E-state index contributed by atoms with van der Waals surface area (Å²) in [5.74, 6) is -1.63. The van der Waals surface area contributed by atoms with Gasteiger partial charge < -0.3 is 9.47 Å². The van der Waals surface area contributed by atoms with Gasteiger partial charge in [-0.1, -0.05) is 201 Å². The number of hydrogen-bond acceptors (Lipinski definition) is 2. The van der Waals surface area contributed by atoms with Crippen molar-refractivity contribution in [3.8, 4) is 0 Å². The lowest BCUT2D eigenvalue weighted by Gasteiger charge is -2.26. The van der Waals surface area contributed by atoms with Crippen molar-refractivity contribution in [3.63, 3.8) is 0 Å². The summed E-state index contributed by atoms with van der Waals surface area (Å²) >= 11 is 0. The molecule has 0 N–H and O–H groups in total. The molecule has 247 valence electrons. The van der Waals surface area contributed by atoms with Crippen LogP contribution >= 0.6 is 0 Å². The highest BCUT2D eigenvalue weighted by Crippen LogP contribution is 2.23. The second-order valence-electron chi connectivity index (χ2n) is 13.0. The highest BCUT2D eigenvalue weighted by atomic mass is 16.8. The third kappa shape index (κ3) is 32.6. The molecule has 0 unspecified atom stereocenters. The van der Waals surface area contributed by atoms with Gasteiger partial charge in [-0.3, -0.25) is 0 Å². The Morgan fingerprint density at radius 1 is 0.317 bits per heavy atom. The Labute approximate surface area is 259 Å². The lowest BCUT2D eigenvalue weighted by atomic mass is 10.0. The average Bonchev–Trinajstić information content (AvgIpc) is 2.97. The molecule has 0 saturated heterocycles. The van der Waals surface area contributed by atoms with Gasteiger partial charge in [0.15, 0.2) is 0 Å². The summed E-state index contributed by atoms with van der Waals surface area (Å²) in [6, 6.07) is 0. The molecular weight excluding hydrogens is 504 g/mol. The molecule has 3 heteroatoms. The van der Waals surface area contributed by atoms with Gasteiger partial charge in [0.1, 0.15) is 0 Å². The molecule has 0 fully saturated rings. The maximum Gasteiger partial charge on any atom is 0.312 e. The molecule has 0 heterocycles. The summed E-state index contributed by atoms with van der Waals surface area (Å²) in [5.41, 5.74) is 0. The SMILES string of the molecule is CCCCCCCCCCCCCC([O])(OCCCCCCCCCCCC)OCCCCCCCCCCCC. The van der Waals surface area contributed by atoms with Gasteiger partial charge in [-0.15, -0.1) is 0 Å². The topological polar surface area (TPSA) is 38.4 Å². The molecule has 0 atom stereocenters. The minimum absolute atomic E-state index is 0.500. The van der Waals surface area contributed by atoms with Crippen LogP contribution in [0.15, 0.2) is 0 Å². The van der Waals surface area contributed by atoms with E-state index >= 15 is 0 Å². The smallest absolute Gasteiger partial charge is 0.312 e. The van der Waals surface area contributed by atoms with Gasteiger partial charge >= 0.3 is 5.97 Å². The van der Waals surface area contributed by atoms with Gasteiger partial charge in [0.05, 0.1) is 13.2 Å². The Morgan fingerprint density at radius 2 is 0.537 bits per heavy atom. The van der Waals surface area contributed by atoms with Crippen LogP contribution in [0.25, 0.3) is 0 Å². The van der Waals surface area contributed by atoms with Crippen molar-refractivity contribution in [1.29, 1.82) is 0 Å². The van der Waals surface area contributed by atoms with Gasteiger partial charge in [-0.2, -0.15) is 5.11 Å². The number of unbranched alkanes of at least 4 members (excludes halogenated alkanes) is 28. The fourth-order valence-electron chi connectivity index (χ4n) is 5.83. The molecule has 0 bridgehead atoms. The summed E-state index contributed by atoms with van der Waals surface area (Å²) in [6.45, 7) is 7.94. The van der Waals surface area contributed by atoms with Crippen LogP contribution < -0.4 is 0 Å². The third-order valence-electron chi connectivity index (χ3n) is 8.73. The Hall–Kier alpha value is -0.120. The zero-order chi connectivity index (χ0) is 30.0. The predicted molar refractivity (Wildman–Crippen MR) is 180 cm³/mol. The van der Waals surface area contributed by atoms with Crippen LogP contribution in [0.4, 0.5) is 0 Å². The molecule has 0 aliphatic carbocycles. The van der Waals surface area contributed by atoms with Crippen molar-refractivity contribution in [3.05, 3.63) is 0 Å². The van der Waals surface area contributed by atoms with Gasteiger partial charge in [0.2, 0.25) is 0 Å². The quantitative estimate of drug-likeness (QED) is 0.0545.